The molecule has 3 rings (SSSR count). The molecule has 0 amide bonds. The molecule has 0 bridgehead atoms. The largest absolute Gasteiger partial charge is 0.441 e. The number of nitrogen functional groups attached to an aromatic ring is 1. The van der Waals surface area contributed by atoms with Crippen molar-refractivity contribution in [3.8, 4) is 0 Å². The first-order chi connectivity index (χ1) is 13.0. The Bertz CT molecular complexity index is 773. The van der Waals surface area contributed by atoms with Crippen LogP contribution in [-0.2, 0) is 4.74 Å². The van der Waals surface area contributed by atoms with Crippen LogP contribution in [0.3, 0.4) is 0 Å². The number of likely N-dealkylation sites (tertiary alicyclic amines) is 1. The fourth-order valence-electron chi connectivity index (χ4n) is 4.11. The van der Waals surface area contributed by atoms with Crippen LogP contribution in [0.2, 0.25) is 0 Å². The molecule has 2 heterocycles. The predicted octanol–water partition coefficient (Wildman–Crippen LogP) is 4.60. The van der Waals surface area contributed by atoms with E-state index in [9.17, 15) is 4.79 Å². The number of benzene rings is 1. The maximum absolute atomic E-state index is 12.6. The van der Waals surface area contributed by atoms with E-state index < -0.39 is 0 Å². The molecule has 5 heteroatoms. The van der Waals surface area contributed by atoms with Gasteiger partial charge in [0.25, 0.3) is 0 Å². The van der Waals surface area contributed by atoms with Gasteiger partial charge in [0.1, 0.15) is 5.58 Å². The van der Waals surface area contributed by atoms with E-state index in [0.717, 1.165) is 60.9 Å². The number of ether oxygens (including phenoxy) is 1. The number of hydrogen-bond donors (Lipinski definition) is 1. The molecule has 1 saturated heterocycles. The van der Waals surface area contributed by atoms with Gasteiger partial charge in [-0.05, 0) is 76.7 Å². The number of piperidine rings is 1. The lowest BCUT2D eigenvalue weighted by atomic mass is 9.87. The predicted molar refractivity (Wildman–Crippen MR) is 109 cm³/mol. The van der Waals surface area contributed by atoms with E-state index in [0.29, 0.717) is 30.9 Å². The Balaban J connectivity index is 1.78. The van der Waals surface area contributed by atoms with Crippen LogP contribution in [0.25, 0.3) is 11.0 Å². The van der Waals surface area contributed by atoms with Crippen LogP contribution < -0.4 is 5.73 Å². The third-order valence-electron chi connectivity index (χ3n) is 5.75. The van der Waals surface area contributed by atoms with Crippen molar-refractivity contribution in [1.82, 2.24) is 4.90 Å². The van der Waals surface area contributed by atoms with Crippen LogP contribution >= 0.6 is 0 Å². The van der Waals surface area contributed by atoms with E-state index in [1.165, 1.54) is 0 Å². The number of nitrogens with two attached hydrogens (primary N) is 1. The van der Waals surface area contributed by atoms with Crippen LogP contribution in [0.15, 0.2) is 22.6 Å². The highest BCUT2D eigenvalue weighted by Crippen LogP contribution is 2.39. The third kappa shape index (κ3) is 4.53. The summed E-state index contributed by atoms with van der Waals surface area (Å²) in [4.78, 5) is 15.1. The van der Waals surface area contributed by atoms with Gasteiger partial charge in [-0.3, -0.25) is 4.79 Å². The zero-order chi connectivity index (χ0) is 19.4. The summed E-state index contributed by atoms with van der Waals surface area (Å²) >= 11 is 0. The summed E-state index contributed by atoms with van der Waals surface area (Å²) in [5.74, 6) is 1.08. The maximum Gasteiger partial charge on any atom is 0.195 e. The summed E-state index contributed by atoms with van der Waals surface area (Å²) in [6.07, 6.45) is 4.45. The van der Waals surface area contributed by atoms with Crippen molar-refractivity contribution in [2.45, 2.75) is 57.9 Å². The Kier molecular flexibility index (Phi) is 6.55. The minimum Gasteiger partial charge on any atom is -0.441 e. The second-order valence-electron chi connectivity index (χ2n) is 7.87. The number of carbonyl (C=O) groups excluding carboxylic acids is 1. The average molecular weight is 373 g/mol. The molecular weight excluding hydrogens is 340 g/mol. The number of anilines is 1. The summed E-state index contributed by atoms with van der Waals surface area (Å²) in [5.41, 5.74) is 8.87. The fraction of sp³-hybridized carbons (Fsp3) is 0.591. The van der Waals surface area contributed by atoms with Gasteiger partial charge < -0.3 is 19.8 Å². The molecule has 1 aliphatic rings. The van der Waals surface area contributed by atoms with Crippen LogP contribution in [0.5, 0.6) is 0 Å². The summed E-state index contributed by atoms with van der Waals surface area (Å²) in [5, 5.41) is 1.01. The second kappa shape index (κ2) is 8.89. The van der Waals surface area contributed by atoms with Crippen LogP contribution in [0, 0.1) is 0 Å². The monoisotopic (exact) mass is 372 g/mol. The van der Waals surface area contributed by atoms with E-state index in [4.69, 9.17) is 14.9 Å². The molecule has 1 aromatic carbocycles. The van der Waals surface area contributed by atoms with Crippen LogP contribution in [0.4, 0.5) is 5.88 Å². The molecule has 1 aliphatic heterocycles. The Morgan fingerprint density at radius 3 is 2.70 bits per heavy atom. The van der Waals surface area contributed by atoms with Crippen LogP contribution in [0.1, 0.15) is 67.8 Å². The summed E-state index contributed by atoms with van der Waals surface area (Å²) in [6.45, 7) is 7.34. The van der Waals surface area contributed by atoms with E-state index >= 15 is 0 Å². The average Bonchev–Trinajstić information content (AvgIpc) is 3.00. The lowest BCUT2D eigenvalue weighted by molar-refractivity contribution is 0.0975. The molecular formula is C22H32N2O3. The number of fused-ring (bicyclic) bond motifs is 1. The fourth-order valence-corrected chi connectivity index (χ4v) is 4.11. The van der Waals surface area contributed by atoms with Crippen molar-refractivity contribution in [2.24, 2.45) is 0 Å². The molecule has 2 aromatic rings. The minimum absolute atomic E-state index is 0.174. The molecule has 1 aromatic heterocycles. The number of ketones is 1. The highest BCUT2D eigenvalue weighted by atomic mass is 16.5. The number of methoxy groups -OCH3 is 1. The van der Waals surface area contributed by atoms with E-state index in [2.05, 4.69) is 18.7 Å². The molecule has 0 radical (unpaired) electrons. The topological polar surface area (TPSA) is 68.7 Å². The first kappa shape index (κ1) is 19.9. The molecule has 148 valence electrons. The Morgan fingerprint density at radius 2 is 2.04 bits per heavy atom. The number of nitrogens with zero attached hydrogens (tertiary/aromatic N) is 1. The number of Topliss-reactive ketones (excluding diaryl/α,β-unsaturated/α-hetero) is 1. The smallest absolute Gasteiger partial charge is 0.195 e. The van der Waals surface area contributed by atoms with Crippen molar-refractivity contribution < 1.29 is 13.9 Å². The lowest BCUT2D eigenvalue weighted by Gasteiger charge is -2.34. The van der Waals surface area contributed by atoms with Gasteiger partial charge in [-0.25, -0.2) is 0 Å². The molecule has 5 nitrogen and oxygen atoms in total. The van der Waals surface area contributed by atoms with Gasteiger partial charge in [0, 0.05) is 42.7 Å². The molecule has 0 spiro atoms. The molecule has 2 N–H and O–H groups in total. The second-order valence-corrected chi connectivity index (χ2v) is 7.87. The molecule has 0 unspecified atom stereocenters. The van der Waals surface area contributed by atoms with Gasteiger partial charge in [0.15, 0.2) is 11.7 Å². The Labute approximate surface area is 161 Å². The first-order valence-electron chi connectivity index (χ1n) is 10.1. The lowest BCUT2D eigenvalue weighted by Crippen LogP contribution is -2.37. The van der Waals surface area contributed by atoms with Crippen molar-refractivity contribution >= 4 is 22.6 Å². The zero-order valence-corrected chi connectivity index (χ0v) is 16.8. The molecule has 0 atom stereocenters. The normalized spacial score (nSPS) is 16.4. The Morgan fingerprint density at radius 1 is 1.30 bits per heavy atom. The van der Waals surface area contributed by atoms with Gasteiger partial charge in [-0.15, -0.1) is 0 Å². The highest BCUT2D eigenvalue weighted by Gasteiger charge is 2.27. The first-order valence-corrected chi connectivity index (χ1v) is 10.1. The molecule has 27 heavy (non-hydrogen) atoms. The molecule has 1 fully saturated rings. The van der Waals surface area contributed by atoms with Gasteiger partial charge in [0.2, 0.25) is 0 Å². The highest BCUT2D eigenvalue weighted by molar-refractivity contribution is 6.00. The van der Waals surface area contributed by atoms with Crippen molar-refractivity contribution in [3.05, 3.63) is 29.3 Å². The van der Waals surface area contributed by atoms with E-state index in [-0.39, 0.29) is 5.78 Å². The van der Waals surface area contributed by atoms with Crippen molar-refractivity contribution in [2.75, 3.05) is 32.5 Å². The molecule has 0 saturated carbocycles. The summed E-state index contributed by atoms with van der Waals surface area (Å²) in [6, 6.07) is 6.31. The minimum atomic E-state index is 0.174. The zero-order valence-electron chi connectivity index (χ0n) is 16.8. The SMILES string of the molecule is COCCCCC(=O)c1ccc2oc(N)c(C3CCN(C(C)C)CC3)c2c1. The quantitative estimate of drug-likeness (QED) is 0.542. The van der Waals surface area contributed by atoms with Gasteiger partial charge in [-0.1, -0.05) is 0 Å². The van der Waals surface area contributed by atoms with Crippen molar-refractivity contribution in [3.63, 3.8) is 0 Å². The standard InChI is InChI=1S/C22H32N2O3/c1-15(2)24-11-9-16(10-12-24)21-18-14-17(7-8-20(18)27-22(21)23)19(25)6-4-5-13-26-3/h7-8,14-16H,4-6,9-13,23H2,1-3H3. The van der Waals surface area contributed by atoms with Gasteiger partial charge in [0.05, 0.1) is 0 Å². The van der Waals surface area contributed by atoms with E-state index in [1.54, 1.807) is 7.11 Å². The van der Waals surface area contributed by atoms with Crippen molar-refractivity contribution in [1.29, 1.82) is 0 Å². The number of unbranched alkanes of at least 4 members (excludes halogenated alkanes) is 1. The van der Waals surface area contributed by atoms with E-state index in [1.807, 2.05) is 18.2 Å². The summed E-state index contributed by atoms with van der Waals surface area (Å²) < 4.78 is 10.9. The third-order valence-corrected chi connectivity index (χ3v) is 5.75. The molecule has 0 aliphatic carbocycles. The maximum atomic E-state index is 12.6. The number of furan rings is 1. The summed E-state index contributed by atoms with van der Waals surface area (Å²) in [7, 11) is 1.69. The Hall–Kier alpha value is -1.85. The van der Waals surface area contributed by atoms with Gasteiger partial charge in [-0.2, -0.15) is 0 Å². The van der Waals surface area contributed by atoms with Gasteiger partial charge >= 0.3 is 0 Å². The van der Waals surface area contributed by atoms with Crippen LogP contribution in [-0.4, -0.2) is 43.5 Å². The number of rotatable bonds is 8. The number of hydrogen-bond acceptors (Lipinski definition) is 5. The number of carbonyl (C=O) groups is 1.